The molecule has 1 fully saturated rings. The van der Waals surface area contributed by atoms with E-state index in [0.717, 1.165) is 30.6 Å². The molecule has 0 bridgehead atoms. The van der Waals surface area contributed by atoms with Crippen LogP contribution in [-0.2, 0) is 4.74 Å². The number of rotatable bonds is 6. The van der Waals surface area contributed by atoms with Crippen molar-refractivity contribution in [2.75, 3.05) is 19.7 Å². The molecule has 1 heterocycles. The molecule has 2 unspecified atom stereocenters. The topological polar surface area (TPSA) is 21.3 Å². The molecule has 2 nitrogen and oxygen atoms in total. The lowest BCUT2D eigenvalue weighted by atomic mass is 9.92. The van der Waals surface area contributed by atoms with E-state index in [9.17, 15) is 0 Å². The highest BCUT2D eigenvalue weighted by Gasteiger charge is 2.21. The van der Waals surface area contributed by atoms with Crippen LogP contribution in [0.3, 0.4) is 0 Å². The molecule has 2 atom stereocenters. The summed E-state index contributed by atoms with van der Waals surface area (Å²) in [6.07, 6.45) is 4.03. The van der Waals surface area contributed by atoms with E-state index in [1.807, 2.05) is 0 Å². The lowest BCUT2D eigenvalue weighted by Crippen LogP contribution is -2.24. The molecule has 0 saturated carbocycles. The van der Waals surface area contributed by atoms with E-state index in [4.69, 9.17) is 4.74 Å². The summed E-state index contributed by atoms with van der Waals surface area (Å²) in [4.78, 5) is 0. The van der Waals surface area contributed by atoms with Crippen LogP contribution in [0.4, 0.5) is 0 Å². The highest BCUT2D eigenvalue weighted by molar-refractivity contribution is 9.10. The zero-order chi connectivity index (χ0) is 12.8. The van der Waals surface area contributed by atoms with E-state index in [2.05, 4.69) is 52.4 Å². The molecule has 0 amide bonds. The largest absolute Gasteiger partial charge is 0.378 e. The van der Waals surface area contributed by atoms with Crippen LogP contribution in [0, 0.1) is 0 Å². The quantitative estimate of drug-likeness (QED) is 0.864. The Balaban J connectivity index is 2.00. The first-order valence-corrected chi connectivity index (χ1v) is 7.66. The van der Waals surface area contributed by atoms with Gasteiger partial charge in [-0.3, -0.25) is 0 Å². The van der Waals surface area contributed by atoms with Gasteiger partial charge in [0.15, 0.2) is 0 Å². The maximum atomic E-state index is 5.77. The molecular weight excluding hydrogens is 290 g/mol. The van der Waals surface area contributed by atoms with Crippen LogP contribution in [0.2, 0.25) is 0 Å². The number of hydrogen-bond donors (Lipinski definition) is 1. The summed E-state index contributed by atoms with van der Waals surface area (Å²) >= 11 is 3.50. The zero-order valence-electron chi connectivity index (χ0n) is 11.0. The molecule has 0 spiro atoms. The maximum absolute atomic E-state index is 5.77. The van der Waals surface area contributed by atoms with Crippen molar-refractivity contribution >= 4 is 15.9 Å². The van der Waals surface area contributed by atoms with Gasteiger partial charge in [-0.2, -0.15) is 0 Å². The van der Waals surface area contributed by atoms with Gasteiger partial charge in [0, 0.05) is 17.6 Å². The van der Waals surface area contributed by atoms with Crippen molar-refractivity contribution in [1.29, 1.82) is 0 Å². The number of ether oxygens (including phenoxy) is 1. The minimum Gasteiger partial charge on any atom is -0.378 e. The summed E-state index contributed by atoms with van der Waals surface area (Å²) in [5, 5.41) is 3.47. The normalized spacial score (nSPS) is 21.1. The van der Waals surface area contributed by atoms with Gasteiger partial charge in [-0.25, -0.2) is 0 Å². The predicted molar refractivity (Wildman–Crippen MR) is 79.0 cm³/mol. The van der Waals surface area contributed by atoms with Crippen molar-refractivity contribution in [3.05, 3.63) is 34.3 Å². The van der Waals surface area contributed by atoms with Crippen LogP contribution in [0.5, 0.6) is 0 Å². The Hall–Kier alpha value is -0.380. The van der Waals surface area contributed by atoms with Gasteiger partial charge in [0.2, 0.25) is 0 Å². The third-order valence-electron chi connectivity index (χ3n) is 3.55. The number of likely N-dealkylation sites (N-methyl/N-ethyl adjacent to an activating group) is 1. The van der Waals surface area contributed by atoms with Crippen LogP contribution in [0.25, 0.3) is 0 Å². The van der Waals surface area contributed by atoms with Gasteiger partial charge < -0.3 is 10.1 Å². The molecule has 1 aromatic carbocycles. The fourth-order valence-electron chi connectivity index (χ4n) is 2.54. The van der Waals surface area contributed by atoms with Crippen LogP contribution in [-0.4, -0.2) is 25.8 Å². The first kappa shape index (κ1) is 14.0. The van der Waals surface area contributed by atoms with Crippen molar-refractivity contribution in [2.45, 2.75) is 38.2 Å². The molecule has 0 radical (unpaired) electrons. The first-order valence-electron chi connectivity index (χ1n) is 6.87. The van der Waals surface area contributed by atoms with E-state index in [1.165, 1.54) is 18.4 Å². The molecular formula is C15H22BrNO. The summed E-state index contributed by atoms with van der Waals surface area (Å²) < 4.78 is 6.92. The van der Waals surface area contributed by atoms with Crippen molar-refractivity contribution in [3.8, 4) is 0 Å². The third kappa shape index (κ3) is 4.08. The molecule has 1 N–H and O–H groups in total. The van der Waals surface area contributed by atoms with Gasteiger partial charge >= 0.3 is 0 Å². The van der Waals surface area contributed by atoms with Crippen molar-refractivity contribution in [3.63, 3.8) is 0 Å². The second kappa shape index (κ2) is 7.27. The maximum Gasteiger partial charge on any atom is 0.0582 e. The monoisotopic (exact) mass is 311 g/mol. The molecule has 0 aliphatic carbocycles. The number of nitrogens with one attached hydrogen (secondary N) is 1. The fourth-order valence-corrected chi connectivity index (χ4v) is 2.80. The van der Waals surface area contributed by atoms with Gasteiger partial charge in [-0.15, -0.1) is 0 Å². The minimum atomic E-state index is 0.456. The Morgan fingerprint density at radius 3 is 2.78 bits per heavy atom. The SMILES string of the molecule is CCNCC(CC1CCCO1)c1ccc(Br)cc1. The Kier molecular flexibility index (Phi) is 5.67. The van der Waals surface area contributed by atoms with E-state index in [1.54, 1.807) is 0 Å². The van der Waals surface area contributed by atoms with Crippen molar-refractivity contribution < 1.29 is 4.74 Å². The third-order valence-corrected chi connectivity index (χ3v) is 4.08. The summed E-state index contributed by atoms with van der Waals surface area (Å²) in [6, 6.07) is 8.70. The molecule has 18 heavy (non-hydrogen) atoms. The molecule has 1 saturated heterocycles. The van der Waals surface area contributed by atoms with E-state index in [-0.39, 0.29) is 0 Å². The fraction of sp³-hybridized carbons (Fsp3) is 0.600. The van der Waals surface area contributed by atoms with Gasteiger partial charge in [-0.05, 0) is 49.4 Å². The molecule has 100 valence electrons. The first-order chi connectivity index (χ1) is 8.79. The lowest BCUT2D eigenvalue weighted by molar-refractivity contribution is 0.0977. The lowest BCUT2D eigenvalue weighted by Gasteiger charge is -2.21. The molecule has 2 rings (SSSR count). The molecule has 1 aromatic rings. The number of benzene rings is 1. The highest BCUT2D eigenvalue weighted by atomic mass is 79.9. The Bertz CT molecular complexity index is 346. The predicted octanol–water partition coefficient (Wildman–Crippen LogP) is 3.71. The smallest absolute Gasteiger partial charge is 0.0582 e. The molecule has 1 aliphatic heterocycles. The van der Waals surface area contributed by atoms with Crippen molar-refractivity contribution in [2.24, 2.45) is 0 Å². The van der Waals surface area contributed by atoms with Crippen molar-refractivity contribution in [1.82, 2.24) is 5.32 Å². The minimum absolute atomic E-state index is 0.456. The molecule has 3 heteroatoms. The zero-order valence-corrected chi connectivity index (χ0v) is 12.6. The standard InChI is InChI=1S/C15H22BrNO/c1-2-17-11-13(10-15-4-3-9-18-15)12-5-7-14(16)8-6-12/h5-8,13,15,17H,2-4,9-11H2,1H3. The van der Waals surface area contributed by atoms with Gasteiger partial charge in [0.1, 0.15) is 0 Å². The Morgan fingerprint density at radius 1 is 1.39 bits per heavy atom. The molecule has 1 aliphatic rings. The van der Waals surface area contributed by atoms with Crippen LogP contribution in [0.15, 0.2) is 28.7 Å². The van der Waals surface area contributed by atoms with E-state index in [0.29, 0.717) is 12.0 Å². The van der Waals surface area contributed by atoms with E-state index >= 15 is 0 Å². The van der Waals surface area contributed by atoms with Crippen LogP contribution in [0.1, 0.15) is 37.7 Å². The van der Waals surface area contributed by atoms with Crippen LogP contribution >= 0.6 is 15.9 Å². The second-order valence-electron chi connectivity index (χ2n) is 4.93. The summed E-state index contributed by atoms with van der Waals surface area (Å²) in [5.74, 6) is 0.557. The van der Waals surface area contributed by atoms with Gasteiger partial charge in [0.25, 0.3) is 0 Å². The Labute approximate surface area is 118 Å². The number of hydrogen-bond acceptors (Lipinski definition) is 2. The summed E-state index contributed by atoms with van der Waals surface area (Å²) in [6.45, 7) is 5.17. The number of halogens is 1. The Morgan fingerprint density at radius 2 is 2.17 bits per heavy atom. The summed E-state index contributed by atoms with van der Waals surface area (Å²) in [5.41, 5.74) is 1.41. The van der Waals surface area contributed by atoms with Crippen LogP contribution < -0.4 is 5.32 Å². The highest BCUT2D eigenvalue weighted by Crippen LogP contribution is 2.27. The average molecular weight is 312 g/mol. The van der Waals surface area contributed by atoms with E-state index < -0.39 is 0 Å². The van der Waals surface area contributed by atoms with Gasteiger partial charge in [-0.1, -0.05) is 35.0 Å². The summed E-state index contributed by atoms with van der Waals surface area (Å²) in [7, 11) is 0. The molecule has 0 aromatic heterocycles. The second-order valence-corrected chi connectivity index (χ2v) is 5.84. The average Bonchev–Trinajstić information content (AvgIpc) is 2.88. The van der Waals surface area contributed by atoms with Gasteiger partial charge in [0.05, 0.1) is 6.10 Å².